The molecule has 1 saturated carbocycles. The fourth-order valence-electron chi connectivity index (χ4n) is 4.05. The minimum Gasteiger partial charge on any atom is -0.481 e. The Kier molecular flexibility index (Phi) is 6.12. The van der Waals surface area contributed by atoms with Crippen LogP contribution in [0.2, 0.25) is 0 Å². The largest absolute Gasteiger partial charge is 0.481 e. The Bertz CT molecular complexity index is 616. The smallest absolute Gasteiger partial charge is 0.311 e. The third kappa shape index (κ3) is 4.34. The molecule has 2 N–H and O–H groups in total. The van der Waals surface area contributed by atoms with Crippen LogP contribution in [0, 0.1) is 5.41 Å². The summed E-state index contributed by atoms with van der Waals surface area (Å²) in [7, 11) is 0. The van der Waals surface area contributed by atoms with Crippen molar-refractivity contribution in [1.29, 1.82) is 0 Å². The topological polar surface area (TPSA) is 82.5 Å². The van der Waals surface area contributed by atoms with Crippen LogP contribution in [0.25, 0.3) is 0 Å². The van der Waals surface area contributed by atoms with Gasteiger partial charge in [0.25, 0.3) is 5.91 Å². The average Bonchev–Trinajstić information content (AvgIpc) is 2.96. The standard InChI is InChI=1S/C20H29N3O3/c24-18(22-15-20(19(25)26)10-4-3-5-11-20)16-8-9-17(21-14-16)23-12-6-1-2-7-13-23/h8-9,14H,1-7,10-13,15H2,(H,22,24)(H,25,26). The van der Waals surface area contributed by atoms with Crippen LogP contribution >= 0.6 is 0 Å². The molecule has 0 unspecified atom stereocenters. The fourth-order valence-corrected chi connectivity index (χ4v) is 4.05. The van der Waals surface area contributed by atoms with E-state index in [1.165, 1.54) is 25.7 Å². The number of carbonyl (C=O) groups excluding carboxylic acids is 1. The van der Waals surface area contributed by atoms with Crippen molar-refractivity contribution in [2.45, 2.75) is 57.8 Å². The number of nitrogens with one attached hydrogen (secondary N) is 1. The van der Waals surface area contributed by atoms with Crippen molar-refractivity contribution in [2.75, 3.05) is 24.5 Å². The highest BCUT2D eigenvalue weighted by molar-refractivity contribution is 5.94. The zero-order chi connectivity index (χ0) is 18.4. The average molecular weight is 359 g/mol. The molecule has 6 nitrogen and oxygen atoms in total. The number of hydrogen-bond donors (Lipinski definition) is 2. The molecule has 1 aliphatic heterocycles. The number of pyridine rings is 1. The first kappa shape index (κ1) is 18.7. The lowest BCUT2D eigenvalue weighted by molar-refractivity contribution is -0.150. The van der Waals surface area contributed by atoms with Gasteiger partial charge in [-0.15, -0.1) is 0 Å². The maximum atomic E-state index is 12.4. The molecule has 26 heavy (non-hydrogen) atoms. The molecule has 1 aromatic rings. The Hall–Kier alpha value is -2.11. The van der Waals surface area contributed by atoms with Crippen molar-refractivity contribution < 1.29 is 14.7 Å². The van der Waals surface area contributed by atoms with Gasteiger partial charge in [-0.25, -0.2) is 4.98 Å². The van der Waals surface area contributed by atoms with Crippen molar-refractivity contribution >= 4 is 17.7 Å². The molecule has 1 aliphatic carbocycles. The number of hydrogen-bond acceptors (Lipinski definition) is 4. The predicted molar refractivity (Wildman–Crippen MR) is 100 cm³/mol. The number of carboxylic acid groups (broad SMARTS) is 1. The van der Waals surface area contributed by atoms with E-state index in [2.05, 4.69) is 15.2 Å². The molecule has 0 bridgehead atoms. The molecule has 1 aromatic heterocycles. The van der Waals surface area contributed by atoms with Crippen molar-refractivity contribution in [3.8, 4) is 0 Å². The molecule has 1 amide bonds. The Morgan fingerprint density at radius 3 is 2.27 bits per heavy atom. The normalized spacial score (nSPS) is 20.2. The minimum absolute atomic E-state index is 0.190. The molecule has 142 valence electrons. The summed E-state index contributed by atoms with van der Waals surface area (Å²) >= 11 is 0. The van der Waals surface area contributed by atoms with Crippen LogP contribution in [0.3, 0.4) is 0 Å². The quantitative estimate of drug-likeness (QED) is 0.843. The minimum atomic E-state index is -0.812. The lowest BCUT2D eigenvalue weighted by atomic mass is 9.74. The van der Waals surface area contributed by atoms with Crippen molar-refractivity contribution in [3.63, 3.8) is 0 Å². The number of anilines is 1. The predicted octanol–water partition coefficient (Wildman–Crippen LogP) is 3.23. The van der Waals surface area contributed by atoms with E-state index < -0.39 is 11.4 Å². The summed E-state index contributed by atoms with van der Waals surface area (Å²) in [6.07, 6.45) is 10.7. The SMILES string of the molecule is O=C(NCC1(C(=O)O)CCCCC1)c1ccc(N2CCCCCC2)nc1. The van der Waals surface area contributed by atoms with Gasteiger partial charge in [0.2, 0.25) is 0 Å². The molecule has 2 heterocycles. The van der Waals surface area contributed by atoms with Gasteiger partial charge in [0.15, 0.2) is 0 Å². The van der Waals surface area contributed by atoms with Crippen LogP contribution in [0.1, 0.15) is 68.1 Å². The molecular weight excluding hydrogens is 330 g/mol. The molecule has 0 atom stereocenters. The molecular formula is C20H29N3O3. The maximum Gasteiger partial charge on any atom is 0.311 e. The van der Waals surface area contributed by atoms with Crippen molar-refractivity contribution in [1.82, 2.24) is 10.3 Å². The van der Waals surface area contributed by atoms with E-state index in [9.17, 15) is 14.7 Å². The number of aliphatic carboxylic acids is 1. The van der Waals surface area contributed by atoms with Crippen LogP contribution in [-0.2, 0) is 4.79 Å². The third-order valence-corrected chi connectivity index (χ3v) is 5.79. The van der Waals surface area contributed by atoms with Crippen LogP contribution in [0.4, 0.5) is 5.82 Å². The summed E-state index contributed by atoms with van der Waals surface area (Å²) in [4.78, 5) is 30.9. The highest BCUT2D eigenvalue weighted by Crippen LogP contribution is 2.36. The first-order chi connectivity index (χ1) is 12.6. The number of aromatic nitrogens is 1. The van der Waals surface area contributed by atoms with Gasteiger partial charge in [-0.2, -0.15) is 0 Å². The van der Waals surface area contributed by atoms with E-state index in [1.807, 2.05) is 6.07 Å². The number of amides is 1. The van der Waals surface area contributed by atoms with E-state index in [0.29, 0.717) is 18.4 Å². The highest BCUT2D eigenvalue weighted by atomic mass is 16.4. The molecule has 0 radical (unpaired) electrons. The van der Waals surface area contributed by atoms with Gasteiger partial charge in [0, 0.05) is 25.8 Å². The Balaban J connectivity index is 1.60. The maximum absolute atomic E-state index is 12.4. The van der Waals surface area contributed by atoms with Gasteiger partial charge in [-0.05, 0) is 37.8 Å². The number of nitrogens with zero attached hydrogens (tertiary/aromatic N) is 2. The van der Waals surface area contributed by atoms with Crippen molar-refractivity contribution in [2.24, 2.45) is 5.41 Å². The van der Waals surface area contributed by atoms with Gasteiger partial charge in [0.05, 0.1) is 11.0 Å². The van der Waals surface area contributed by atoms with E-state index in [4.69, 9.17) is 0 Å². The molecule has 2 aliphatic rings. The van der Waals surface area contributed by atoms with E-state index in [-0.39, 0.29) is 12.5 Å². The zero-order valence-electron chi connectivity index (χ0n) is 15.4. The molecule has 0 aromatic carbocycles. The van der Waals surface area contributed by atoms with E-state index in [1.54, 1.807) is 12.3 Å². The molecule has 3 rings (SSSR count). The summed E-state index contributed by atoms with van der Waals surface area (Å²) < 4.78 is 0. The summed E-state index contributed by atoms with van der Waals surface area (Å²) in [5.41, 5.74) is -0.326. The van der Waals surface area contributed by atoms with Gasteiger partial charge in [0.1, 0.15) is 5.82 Å². The Morgan fingerprint density at radius 2 is 1.69 bits per heavy atom. The van der Waals surface area contributed by atoms with Crippen molar-refractivity contribution in [3.05, 3.63) is 23.9 Å². The second kappa shape index (κ2) is 8.52. The lowest BCUT2D eigenvalue weighted by Gasteiger charge is -2.33. The summed E-state index contributed by atoms with van der Waals surface area (Å²) in [5, 5.41) is 12.4. The molecule has 2 fully saturated rings. The van der Waals surface area contributed by atoms with Crippen LogP contribution < -0.4 is 10.2 Å². The number of carboxylic acids is 1. The Morgan fingerprint density at radius 1 is 1.04 bits per heavy atom. The summed E-state index contributed by atoms with van der Waals surface area (Å²) in [6, 6.07) is 3.69. The van der Waals surface area contributed by atoms with E-state index >= 15 is 0 Å². The first-order valence-corrected chi connectivity index (χ1v) is 9.83. The highest BCUT2D eigenvalue weighted by Gasteiger charge is 2.39. The van der Waals surface area contributed by atoms with Crippen LogP contribution in [0.15, 0.2) is 18.3 Å². The van der Waals surface area contributed by atoms with Gasteiger partial charge >= 0.3 is 5.97 Å². The Labute approximate surface area is 155 Å². The first-order valence-electron chi connectivity index (χ1n) is 9.83. The fraction of sp³-hybridized carbons (Fsp3) is 0.650. The summed E-state index contributed by atoms with van der Waals surface area (Å²) in [6.45, 7) is 2.22. The zero-order valence-corrected chi connectivity index (χ0v) is 15.4. The van der Waals surface area contributed by atoms with Gasteiger partial charge in [-0.3, -0.25) is 9.59 Å². The van der Waals surface area contributed by atoms with Gasteiger partial charge in [-0.1, -0.05) is 32.1 Å². The van der Waals surface area contributed by atoms with Crippen LogP contribution in [-0.4, -0.2) is 41.6 Å². The molecule has 1 saturated heterocycles. The monoisotopic (exact) mass is 359 g/mol. The second-order valence-electron chi connectivity index (χ2n) is 7.64. The second-order valence-corrected chi connectivity index (χ2v) is 7.64. The van der Waals surface area contributed by atoms with Crippen LogP contribution in [0.5, 0.6) is 0 Å². The van der Waals surface area contributed by atoms with Gasteiger partial charge < -0.3 is 15.3 Å². The number of rotatable bonds is 5. The lowest BCUT2D eigenvalue weighted by Crippen LogP contribution is -2.44. The molecule has 0 spiro atoms. The molecule has 6 heteroatoms. The van der Waals surface area contributed by atoms with E-state index in [0.717, 1.165) is 38.2 Å². The summed E-state index contributed by atoms with van der Waals surface area (Å²) in [5.74, 6) is -0.129. The number of carbonyl (C=O) groups is 2. The third-order valence-electron chi connectivity index (χ3n) is 5.79.